The maximum absolute atomic E-state index is 8.84. The molecule has 17 heavy (non-hydrogen) atoms. The van der Waals surface area contributed by atoms with E-state index in [1.54, 1.807) is 0 Å². The molecule has 0 amide bonds. The van der Waals surface area contributed by atoms with Gasteiger partial charge in [-0.3, -0.25) is 0 Å². The zero-order chi connectivity index (χ0) is 12.5. The summed E-state index contributed by atoms with van der Waals surface area (Å²) in [5, 5.41) is 12.4. The van der Waals surface area contributed by atoms with Crippen molar-refractivity contribution in [2.24, 2.45) is 0 Å². The smallest absolute Gasteiger partial charge is 0.0991 e. The Kier molecular flexibility index (Phi) is 6.35. The van der Waals surface area contributed by atoms with E-state index in [0.717, 1.165) is 12.1 Å². The van der Waals surface area contributed by atoms with Gasteiger partial charge < -0.3 is 5.32 Å². The summed E-state index contributed by atoms with van der Waals surface area (Å²) in [6, 6.07) is 10.6. The van der Waals surface area contributed by atoms with Gasteiger partial charge >= 0.3 is 0 Å². The highest BCUT2D eigenvalue weighted by Gasteiger charge is 2.05. The molecule has 0 unspecified atom stereocenters. The molecule has 0 saturated carbocycles. The lowest BCUT2D eigenvalue weighted by molar-refractivity contribution is 0.443. The quantitative estimate of drug-likeness (QED) is 0.776. The molecule has 1 aromatic rings. The minimum atomic E-state index is 0.607. The van der Waals surface area contributed by atoms with Crippen molar-refractivity contribution in [3.8, 4) is 6.07 Å². The molecule has 0 heterocycles. The molecule has 2 nitrogen and oxygen atoms in total. The molecule has 0 aliphatic carbocycles. The van der Waals surface area contributed by atoms with E-state index in [2.05, 4.69) is 31.3 Å². The molecule has 92 valence electrons. The van der Waals surface area contributed by atoms with Crippen LogP contribution in [0.25, 0.3) is 0 Å². The van der Waals surface area contributed by atoms with E-state index in [-0.39, 0.29) is 0 Å². The highest BCUT2D eigenvalue weighted by atomic mass is 14.9. The van der Waals surface area contributed by atoms with Gasteiger partial charge in [0, 0.05) is 12.6 Å². The van der Waals surface area contributed by atoms with Crippen LogP contribution < -0.4 is 5.32 Å². The van der Waals surface area contributed by atoms with Gasteiger partial charge in [-0.05, 0) is 30.5 Å². The molecular formula is C15H22N2. The van der Waals surface area contributed by atoms with Crippen molar-refractivity contribution in [1.82, 2.24) is 5.32 Å². The topological polar surface area (TPSA) is 35.8 Å². The third-order valence-electron chi connectivity index (χ3n) is 2.93. The Morgan fingerprint density at radius 2 is 1.94 bits per heavy atom. The largest absolute Gasteiger partial charge is 0.310 e. The number of hydrogen-bond acceptors (Lipinski definition) is 2. The first-order valence-electron chi connectivity index (χ1n) is 6.52. The fourth-order valence-electron chi connectivity index (χ4n) is 2.06. The molecule has 0 bridgehead atoms. The Hall–Kier alpha value is -1.33. The second kappa shape index (κ2) is 7.86. The molecule has 0 atom stereocenters. The number of nitrogens with zero attached hydrogens (tertiary/aromatic N) is 1. The van der Waals surface area contributed by atoms with E-state index in [9.17, 15) is 0 Å². The predicted octanol–water partition coefficient (Wildman–Crippen LogP) is 3.62. The highest BCUT2D eigenvalue weighted by molar-refractivity contribution is 5.32. The van der Waals surface area contributed by atoms with Gasteiger partial charge in [0.2, 0.25) is 0 Å². The summed E-state index contributed by atoms with van der Waals surface area (Å²) < 4.78 is 0. The van der Waals surface area contributed by atoms with Crippen molar-refractivity contribution in [2.75, 3.05) is 0 Å². The molecule has 0 aliphatic heterocycles. The Morgan fingerprint density at radius 3 is 2.53 bits per heavy atom. The summed E-state index contributed by atoms with van der Waals surface area (Å²) in [5.41, 5.74) is 1.94. The molecule has 0 fully saturated rings. The lowest BCUT2D eigenvalue weighted by Crippen LogP contribution is -2.28. The van der Waals surface area contributed by atoms with Crippen LogP contribution in [0.1, 0.15) is 50.7 Å². The molecule has 0 saturated heterocycles. The van der Waals surface area contributed by atoms with Crippen molar-refractivity contribution < 1.29 is 0 Å². The number of nitriles is 1. The molecule has 1 rings (SSSR count). The maximum atomic E-state index is 8.84. The summed E-state index contributed by atoms with van der Waals surface area (Å²) in [5.74, 6) is 0. The first kappa shape index (κ1) is 13.7. The number of hydrogen-bond donors (Lipinski definition) is 1. The molecule has 0 radical (unpaired) electrons. The summed E-state index contributed by atoms with van der Waals surface area (Å²) in [7, 11) is 0. The fraction of sp³-hybridized carbons (Fsp3) is 0.533. The van der Waals surface area contributed by atoms with Gasteiger partial charge in [0.15, 0.2) is 0 Å². The first-order valence-corrected chi connectivity index (χ1v) is 6.52. The van der Waals surface area contributed by atoms with Gasteiger partial charge in [0.1, 0.15) is 0 Å². The predicted molar refractivity (Wildman–Crippen MR) is 71.6 cm³/mol. The van der Waals surface area contributed by atoms with E-state index in [1.807, 2.05) is 18.2 Å². The van der Waals surface area contributed by atoms with Crippen molar-refractivity contribution in [3.63, 3.8) is 0 Å². The van der Waals surface area contributed by atoms with Crippen LogP contribution in [0.15, 0.2) is 24.3 Å². The van der Waals surface area contributed by atoms with Crippen LogP contribution in [0.2, 0.25) is 0 Å². The zero-order valence-electron chi connectivity index (χ0n) is 10.9. The summed E-state index contributed by atoms with van der Waals surface area (Å²) in [4.78, 5) is 0. The van der Waals surface area contributed by atoms with Crippen molar-refractivity contribution in [3.05, 3.63) is 35.4 Å². The van der Waals surface area contributed by atoms with Crippen molar-refractivity contribution in [2.45, 2.75) is 52.1 Å². The van der Waals surface area contributed by atoms with Gasteiger partial charge in [-0.1, -0.05) is 38.8 Å². The molecule has 2 heteroatoms. The van der Waals surface area contributed by atoms with Crippen LogP contribution in [-0.4, -0.2) is 6.04 Å². The number of benzene rings is 1. The second-order valence-corrected chi connectivity index (χ2v) is 4.47. The van der Waals surface area contributed by atoms with Crippen LogP contribution in [0.3, 0.4) is 0 Å². The van der Waals surface area contributed by atoms with Crippen molar-refractivity contribution >= 4 is 0 Å². The molecular weight excluding hydrogens is 208 g/mol. The second-order valence-electron chi connectivity index (χ2n) is 4.47. The SMILES string of the molecule is CCCC(CCC)NCc1cccc(C#N)c1. The van der Waals surface area contributed by atoms with Gasteiger partial charge in [0.25, 0.3) is 0 Å². The van der Waals surface area contributed by atoms with Gasteiger partial charge in [-0.15, -0.1) is 0 Å². The van der Waals surface area contributed by atoms with Crippen LogP contribution in [0.4, 0.5) is 0 Å². The van der Waals surface area contributed by atoms with Crippen LogP contribution >= 0.6 is 0 Å². The highest BCUT2D eigenvalue weighted by Crippen LogP contribution is 2.08. The number of nitrogens with one attached hydrogen (secondary N) is 1. The minimum Gasteiger partial charge on any atom is -0.310 e. The van der Waals surface area contributed by atoms with E-state index in [0.29, 0.717) is 6.04 Å². The van der Waals surface area contributed by atoms with E-state index in [1.165, 1.54) is 31.2 Å². The molecule has 0 aromatic heterocycles. The van der Waals surface area contributed by atoms with E-state index >= 15 is 0 Å². The summed E-state index contributed by atoms with van der Waals surface area (Å²) in [6.45, 7) is 5.31. The standard InChI is InChI=1S/C15H22N2/c1-3-6-15(7-4-2)17-12-14-9-5-8-13(10-14)11-16/h5,8-10,15,17H,3-4,6-7,12H2,1-2H3. The fourth-order valence-corrected chi connectivity index (χ4v) is 2.06. The monoisotopic (exact) mass is 230 g/mol. The lowest BCUT2D eigenvalue weighted by Gasteiger charge is -2.17. The van der Waals surface area contributed by atoms with Crippen LogP contribution in [-0.2, 0) is 6.54 Å². The Bertz CT molecular complexity index is 359. The summed E-state index contributed by atoms with van der Waals surface area (Å²) in [6.07, 6.45) is 4.89. The van der Waals surface area contributed by atoms with Crippen LogP contribution in [0.5, 0.6) is 0 Å². The van der Waals surface area contributed by atoms with Crippen LogP contribution in [0, 0.1) is 11.3 Å². The Balaban J connectivity index is 2.49. The zero-order valence-corrected chi connectivity index (χ0v) is 10.9. The summed E-state index contributed by atoms with van der Waals surface area (Å²) >= 11 is 0. The average molecular weight is 230 g/mol. The van der Waals surface area contributed by atoms with Gasteiger partial charge in [-0.2, -0.15) is 5.26 Å². The maximum Gasteiger partial charge on any atom is 0.0991 e. The average Bonchev–Trinajstić information content (AvgIpc) is 2.37. The van der Waals surface area contributed by atoms with Gasteiger partial charge in [-0.25, -0.2) is 0 Å². The third kappa shape index (κ3) is 5.01. The normalized spacial score (nSPS) is 10.5. The van der Waals surface area contributed by atoms with Crippen molar-refractivity contribution in [1.29, 1.82) is 5.26 Å². The van der Waals surface area contributed by atoms with E-state index in [4.69, 9.17) is 5.26 Å². The molecule has 1 N–H and O–H groups in total. The Labute approximate surface area is 105 Å². The molecule has 1 aromatic carbocycles. The van der Waals surface area contributed by atoms with Gasteiger partial charge in [0.05, 0.1) is 11.6 Å². The van der Waals surface area contributed by atoms with E-state index < -0.39 is 0 Å². The Morgan fingerprint density at radius 1 is 1.24 bits per heavy atom. The molecule has 0 aliphatic rings. The lowest BCUT2D eigenvalue weighted by atomic mass is 10.1. The molecule has 0 spiro atoms. The first-order chi connectivity index (χ1) is 8.30. The number of rotatable bonds is 7. The minimum absolute atomic E-state index is 0.607. The third-order valence-corrected chi connectivity index (χ3v) is 2.93.